The first-order valence-electron chi connectivity index (χ1n) is 12.8. The summed E-state index contributed by atoms with van der Waals surface area (Å²) in [6.45, 7) is 1.87. The Labute approximate surface area is 228 Å². The van der Waals surface area contributed by atoms with E-state index < -0.39 is 27.8 Å². The SMILES string of the molecule is CCNS(=O)(=O)c1ccc(CCC(=O)N(Cc2ccc(F)cc2)[C@H](Cc2ccccc2)C(=O)NCCO)cc1. The fraction of sp³-hybridized carbons (Fsp3) is 0.310. The molecule has 0 saturated heterocycles. The fourth-order valence-corrected chi connectivity index (χ4v) is 5.18. The minimum absolute atomic E-state index is 0.0465. The van der Waals surface area contributed by atoms with Gasteiger partial charge in [0, 0.05) is 32.5 Å². The lowest BCUT2D eigenvalue weighted by molar-refractivity contribution is -0.141. The summed E-state index contributed by atoms with van der Waals surface area (Å²) in [6.07, 6.45) is 0.650. The van der Waals surface area contributed by atoms with Crippen molar-refractivity contribution in [1.82, 2.24) is 14.9 Å². The summed E-state index contributed by atoms with van der Waals surface area (Å²) < 4.78 is 40.4. The Morgan fingerprint density at radius 2 is 1.56 bits per heavy atom. The van der Waals surface area contributed by atoms with Crippen LogP contribution in [0.5, 0.6) is 0 Å². The second-order valence-corrected chi connectivity index (χ2v) is 10.8. The van der Waals surface area contributed by atoms with Gasteiger partial charge in [-0.2, -0.15) is 0 Å². The number of hydrogen-bond acceptors (Lipinski definition) is 5. The molecule has 0 fully saturated rings. The second-order valence-electron chi connectivity index (χ2n) is 9.01. The number of nitrogens with zero attached hydrogens (tertiary/aromatic N) is 1. The van der Waals surface area contributed by atoms with Gasteiger partial charge in [-0.05, 0) is 47.4 Å². The molecule has 0 radical (unpaired) electrons. The molecule has 10 heteroatoms. The Balaban J connectivity index is 1.85. The van der Waals surface area contributed by atoms with Crippen LogP contribution in [-0.4, -0.2) is 56.0 Å². The lowest BCUT2D eigenvalue weighted by Crippen LogP contribution is -2.51. The Hall–Kier alpha value is -3.60. The summed E-state index contributed by atoms with van der Waals surface area (Å²) >= 11 is 0. The summed E-state index contributed by atoms with van der Waals surface area (Å²) in [5.41, 5.74) is 2.29. The van der Waals surface area contributed by atoms with Crippen LogP contribution in [0.4, 0.5) is 4.39 Å². The van der Waals surface area contributed by atoms with E-state index in [4.69, 9.17) is 0 Å². The highest BCUT2D eigenvalue weighted by molar-refractivity contribution is 7.89. The van der Waals surface area contributed by atoms with Crippen LogP contribution in [-0.2, 0) is 39.0 Å². The molecule has 0 unspecified atom stereocenters. The minimum Gasteiger partial charge on any atom is -0.395 e. The molecule has 39 heavy (non-hydrogen) atoms. The van der Waals surface area contributed by atoms with Crippen LogP contribution in [0.2, 0.25) is 0 Å². The van der Waals surface area contributed by atoms with Crippen LogP contribution < -0.4 is 10.0 Å². The lowest BCUT2D eigenvalue weighted by atomic mass is 10.0. The minimum atomic E-state index is -3.58. The third kappa shape index (κ3) is 8.98. The third-order valence-corrected chi connectivity index (χ3v) is 7.71. The smallest absolute Gasteiger partial charge is 0.243 e. The summed E-state index contributed by atoms with van der Waals surface area (Å²) in [4.78, 5) is 28.5. The Bertz CT molecular complexity index is 1320. The molecule has 8 nitrogen and oxygen atoms in total. The molecule has 3 aromatic rings. The van der Waals surface area contributed by atoms with E-state index in [2.05, 4.69) is 10.0 Å². The van der Waals surface area contributed by atoms with E-state index in [0.717, 1.165) is 11.1 Å². The van der Waals surface area contributed by atoms with E-state index in [1.165, 1.54) is 29.2 Å². The van der Waals surface area contributed by atoms with E-state index >= 15 is 0 Å². The number of aryl methyl sites for hydroxylation is 1. The van der Waals surface area contributed by atoms with Crippen molar-refractivity contribution in [2.24, 2.45) is 0 Å². The van der Waals surface area contributed by atoms with Gasteiger partial charge in [0.05, 0.1) is 11.5 Å². The molecule has 0 bridgehead atoms. The van der Waals surface area contributed by atoms with Crippen LogP contribution in [0, 0.1) is 5.82 Å². The standard InChI is InChI=1S/C29H34FN3O5S/c1-2-32-39(37,38)26-15-10-22(11-16-26)12-17-28(35)33(21-24-8-13-25(30)14-9-24)27(29(36)31-18-19-34)20-23-6-4-3-5-7-23/h3-11,13-16,27,32,34H,2,12,17-21H2,1H3,(H,31,36)/t27-/m1/s1. The second kappa shape index (κ2) is 14.5. The zero-order chi connectivity index (χ0) is 28.3. The largest absolute Gasteiger partial charge is 0.395 e. The summed E-state index contributed by atoms with van der Waals surface area (Å²) in [5.74, 6) is -1.09. The number of hydrogen-bond donors (Lipinski definition) is 3. The first-order chi connectivity index (χ1) is 18.7. The van der Waals surface area contributed by atoms with Gasteiger partial charge in [0.15, 0.2) is 0 Å². The number of carbonyl (C=O) groups excluding carboxylic acids is 2. The molecule has 0 saturated carbocycles. The van der Waals surface area contributed by atoms with Gasteiger partial charge in [0.2, 0.25) is 21.8 Å². The van der Waals surface area contributed by atoms with Crippen molar-refractivity contribution < 1.29 is 27.5 Å². The molecule has 3 aromatic carbocycles. The predicted octanol–water partition coefficient (Wildman–Crippen LogP) is 2.81. The molecular formula is C29H34FN3O5S. The number of aliphatic hydroxyl groups excluding tert-OH is 1. The van der Waals surface area contributed by atoms with Crippen molar-refractivity contribution in [2.75, 3.05) is 19.7 Å². The highest BCUT2D eigenvalue weighted by atomic mass is 32.2. The Kier molecular flexibility index (Phi) is 11.2. The maximum absolute atomic E-state index is 13.6. The fourth-order valence-electron chi connectivity index (χ4n) is 4.14. The molecule has 2 amide bonds. The number of benzene rings is 3. The van der Waals surface area contributed by atoms with Crippen molar-refractivity contribution in [3.05, 3.63) is 101 Å². The van der Waals surface area contributed by atoms with Crippen LogP contribution in [0.25, 0.3) is 0 Å². The monoisotopic (exact) mass is 555 g/mol. The number of sulfonamides is 1. The van der Waals surface area contributed by atoms with Crippen LogP contribution in [0.1, 0.15) is 30.0 Å². The van der Waals surface area contributed by atoms with Gasteiger partial charge in [0.25, 0.3) is 0 Å². The van der Waals surface area contributed by atoms with Gasteiger partial charge in [-0.3, -0.25) is 9.59 Å². The summed E-state index contributed by atoms with van der Waals surface area (Å²) in [7, 11) is -3.58. The van der Waals surface area contributed by atoms with Gasteiger partial charge in [0.1, 0.15) is 11.9 Å². The van der Waals surface area contributed by atoms with Crippen molar-refractivity contribution in [3.8, 4) is 0 Å². The number of nitrogens with one attached hydrogen (secondary N) is 2. The molecule has 208 valence electrons. The molecule has 3 rings (SSSR count). The van der Waals surface area contributed by atoms with Crippen LogP contribution in [0.3, 0.4) is 0 Å². The normalized spacial score (nSPS) is 12.1. The molecule has 0 aromatic heterocycles. The average Bonchev–Trinajstić information content (AvgIpc) is 2.94. The number of rotatable bonds is 14. The van der Waals surface area contributed by atoms with E-state index in [0.29, 0.717) is 12.0 Å². The third-order valence-electron chi connectivity index (χ3n) is 6.14. The topological polar surface area (TPSA) is 116 Å². The number of amides is 2. The van der Waals surface area contributed by atoms with E-state index in [1.807, 2.05) is 30.3 Å². The van der Waals surface area contributed by atoms with Crippen LogP contribution >= 0.6 is 0 Å². The number of halogens is 1. The number of aliphatic hydroxyl groups is 1. The number of carbonyl (C=O) groups is 2. The summed E-state index contributed by atoms with van der Waals surface area (Å²) in [6, 6.07) is 20.5. The zero-order valence-corrected chi connectivity index (χ0v) is 22.7. The van der Waals surface area contributed by atoms with Gasteiger partial charge in [-0.15, -0.1) is 0 Å². The lowest BCUT2D eigenvalue weighted by Gasteiger charge is -2.31. The average molecular weight is 556 g/mol. The molecule has 0 spiro atoms. The summed E-state index contributed by atoms with van der Waals surface area (Å²) in [5, 5.41) is 11.9. The molecular weight excluding hydrogens is 521 g/mol. The Morgan fingerprint density at radius 3 is 2.18 bits per heavy atom. The van der Waals surface area contributed by atoms with Gasteiger partial charge in [-0.1, -0.05) is 61.5 Å². The quantitative estimate of drug-likeness (QED) is 0.283. The first kappa shape index (κ1) is 29.9. The zero-order valence-electron chi connectivity index (χ0n) is 21.8. The maximum atomic E-state index is 13.6. The Morgan fingerprint density at radius 1 is 0.923 bits per heavy atom. The molecule has 3 N–H and O–H groups in total. The highest BCUT2D eigenvalue weighted by Gasteiger charge is 2.30. The first-order valence-corrected chi connectivity index (χ1v) is 14.3. The van der Waals surface area contributed by atoms with Crippen LogP contribution in [0.15, 0.2) is 83.8 Å². The van der Waals surface area contributed by atoms with E-state index in [9.17, 15) is 27.5 Å². The predicted molar refractivity (Wildman–Crippen MR) is 147 cm³/mol. The molecule has 0 aliphatic heterocycles. The molecule has 0 heterocycles. The van der Waals surface area contributed by atoms with Crippen molar-refractivity contribution in [2.45, 2.75) is 43.7 Å². The molecule has 0 aliphatic rings. The van der Waals surface area contributed by atoms with E-state index in [-0.39, 0.29) is 49.9 Å². The van der Waals surface area contributed by atoms with E-state index in [1.54, 1.807) is 31.2 Å². The molecule has 0 aliphatic carbocycles. The highest BCUT2D eigenvalue weighted by Crippen LogP contribution is 2.18. The molecule has 1 atom stereocenters. The van der Waals surface area contributed by atoms with Gasteiger partial charge in [-0.25, -0.2) is 17.5 Å². The van der Waals surface area contributed by atoms with Gasteiger partial charge < -0.3 is 15.3 Å². The van der Waals surface area contributed by atoms with Crippen molar-refractivity contribution >= 4 is 21.8 Å². The van der Waals surface area contributed by atoms with Gasteiger partial charge >= 0.3 is 0 Å². The van der Waals surface area contributed by atoms with Crippen molar-refractivity contribution in [3.63, 3.8) is 0 Å². The maximum Gasteiger partial charge on any atom is 0.243 e. The van der Waals surface area contributed by atoms with Crippen molar-refractivity contribution in [1.29, 1.82) is 0 Å².